The molecule has 11 heteroatoms. The van der Waals surface area contributed by atoms with E-state index in [9.17, 15) is 24.9 Å². The smallest absolute Gasteiger partial charge is 0.247 e. The predicted molar refractivity (Wildman–Crippen MR) is 149 cm³/mol. The van der Waals surface area contributed by atoms with Crippen LogP contribution in [0.25, 0.3) is 0 Å². The number of aliphatic hydroxyl groups is 3. The normalized spacial score (nSPS) is 21.9. The number of nitrogens with one attached hydrogen (secondary N) is 1. The first-order valence-corrected chi connectivity index (χ1v) is 14.1. The second kappa shape index (κ2) is 15.0. The Labute approximate surface area is 237 Å². The fraction of sp³-hybridized carbons (Fsp3) is 0.630. The Morgan fingerprint density at radius 2 is 1.89 bits per heavy atom. The highest BCUT2D eigenvalue weighted by molar-refractivity contribution is 14.1. The molecule has 2 aliphatic carbocycles. The number of nitrogens with zero attached hydrogens (tertiary/aromatic N) is 1. The van der Waals surface area contributed by atoms with Crippen molar-refractivity contribution in [1.82, 2.24) is 10.2 Å². The number of aliphatic hydroxyl groups excluding tert-OH is 3. The van der Waals surface area contributed by atoms with Gasteiger partial charge in [-0.3, -0.25) is 9.59 Å². The minimum atomic E-state index is -1.11. The summed E-state index contributed by atoms with van der Waals surface area (Å²) in [5, 5.41) is 33.1. The minimum absolute atomic E-state index is 0.0493. The molecule has 1 fully saturated rings. The molecule has 2 amide bonds. The SMILES string of the molecule is COCCC(=O)N(C1CCCCC1)[C@@H]1CC(C(=O)NCCO)=C[C@H](Oc2c(I)cc(CO)cc2OC)[C@H]1O. The second-order valence-electron chi connectivity index (χ2n) is 9.62. The molecule has 1 aromatic carbocycles. The van der Waals surface area contributed by atoms with Crippen LogP contribution in [-0.2, 0) is 20.9 Å². The number of amides is 2. The van der Waals surface area contributed by atoms with Crippen LogP contribution < -0.4 is 14.8 Å². The molecule has 10 nitrogen and oxygen atoms in total. The third-order valence-electron chi connectivity index (χ3n) is 7.07. The quantitative estimate of drug-likeness (QED) is 0.253. The van der Waals surface area contributed by atoms with E-state index < -0.39 is 18.2 Å². The Hall–Kier alpha value is -1.93. The summed E-state index contributed by atoms with van der Waals surface area (Å²) in [6.07, 6.45) is 4.60. The van der Waals surface area contributed by atoms with Crippen molar-refractivity contribution in [3.63, 3.8) is 0 Å². The van der Waals surface area contributed by atoms with E-state index >= 15 is 0 Å². The van der Waals surface area contributed by atoms with Gasteiger partial charge in [0.15, 0.2) is 11.5 Å². The summed E-state index contributed by atoms with van der Waals surface area (Å²) in [5.74, 6) is 0.249. The molecule has 0 bridgehead atoms. The van der Waals surface area contributed by atoms with E-state index in [4.69, 9.17) is 14.2 Å². The molecule has 0 radical (unpaired) electrons. The first-order chi connectivity index (χ1) is 18.3. The van der Waals surface area contributed by atoms with Crippen LogP contribution in [0.2, 0.25) is 0 Å². The fourth-order valence-corrected chi connectivity index (χ4v) is 5.99. The van der Waals surface area contributed by atoms with Crippen molar-refractivity contribution in [2.75, 3.05) is 34.0 Å². The molecule has 1 saturated carbocycles. The molecule has 4 N–H and O–H groups in total. The minimum Gasteiger partial charge on any atom is -0.493 e. The molecule has 0 aromatic heterocycles. The Kier molecular flexibility index (Phi) is 12.1. The highest BCUT2D eigenvalue weighted by Gasteiger charge is 2.43. The van der Waals surface area contributed by atoms with Gasteiger partial charge in [0.05, 0.1) is 43.0 Å². The molecule has 0 heterocycles. The zero-order chi connectivity index (χ0) is 27.7. The fourth-order valence-electron chi connectivity index (χ4n) is 5.20. The van der Waals surface area contributed by atoms with Crippen molar-refractivity contribution in [3.05, 3.63) is 32.9 Å². The first kappa shape index (κ1) is 30.6. The lowest BCUT2D eigenvalue weighted by Gasteiger charge is -2.45. The van der Waals surface area contributed by atoms with Gasteiger partial charge in [0.25, 0.3) is 0 Å². The average molecular weight is 647 g/mol. The van der Waals surface area contributed by atoms with Gasteiger partial charge in [-0.05, 0) is 59.2 Å². The molecule has 1 aromatic rings. The Morgan fingerprint density at radius 3 is 2.53 bits per heavy atom. The van der Waals surface area contributed by atoms with Crippen LogP contribution in [0, 0.1) is 3.57 Å². The third kappa shape index (κ3) is 7.59. The lowest BCUT2D eigenvalue weighted by molar-refractivity contribution is -0.144. The van der Waals surface area contributed by atoms with Gasteiger partial charge in [-0.25, -0.2) is 0 Å². The van der Waals surface area contributed by atoms with E-state index in [1.807, 2.05) is 0 Å². The molecular weight excluding hydrogens is 607 g/mol. The van der Waals surface area contributed by atoms with Crippen molar-refractivity contribution in [2.45, 2.75) is 75.8 Å². The highest BCUT2D eigenvalue weighted by atomic mass is 127. The summed E-state index contributed by atoms with van der Waals surface area (Å²) in [5.41, 5.74) is 1.02. The molecule has 0 spiro atoms. The zero-order valence-electron chi connectivity index (χ0n) is 22.0. The van der Waals surface area contributed by atoms with Crippen LogP contribution in [0.15, 0.2) is 23.8 Å². The summed E-state index contributed by atoms with van der Waals surface area (Å²) in [4.78, 5) is 28.3. The van der Waals surface area contributed by atoms with Gasteiger partial charge in [0.1, 0.15) is 12.2 Å². The maximum Gasteiger partial charge on any atom is 0.247 e. The van der Waals surface area contributed by atoms with Gasteiger partial charge in [0.2, 0.25) is 11.8 Å². The largest absolute Gasteiger partial charge is 0.493 e. The van der Waals surface area contributed by atoms with Gasteiger partial charge in [-0.1, -0.05) is 19.3 Å². The lowest BCUT2D eigenvalue weighted by Crippen LogP contribution is -2.58. The third-order valence-corrected chi connectivity index (χ3v) is 7.87. The van der Waals surface area contributed by atoms with E-state index in [-0.39, 0.29) is 57.1 Å². The van der Waals surface area contributed by atoms with Gasteiger partial charge < -0.3 is 39.7 Å². The molecule has 3 atom stereocenters. The van der Waals surface area contributed by atoms with Crippen LogP contribution in [0.3, 0.4) is 0 Å². The molecule has 3 rings (SSSR count). The Morgan fingerprint density at radius 1 is 1.16 bits per heavy atom. The standard InChI is InChI=1S/C27H39IN2O8/c1-36-11-8-24(33)30(19-6-4-3-5-7-19)21-14-18(27(35)29-9-10-31)15-22(25(21)34)38-26-20(28)12-17(16-32)13-23(26)37-2/h12-13,15,19,21-22,25,31-32,34H,3-11,14,16H2,1-2H3,(H,29,35)/t21-,22+,25+/m1/s1. The van der Waals surface area contributed by atoms with Crippen molar-refractivity contribution in [2.24, 2.45) is 0 Å². The summed E-state index contributed by atoms with van der Waals surface area (Å²) in [7, 11) is 3.03. The van der Waals surface area contributed by atoms with Crippen LogP contribution in [0.4, 0.5) is 0 Å². The first-order valence-electron chi connectivity index (χ1n) is 13.1. The molecule has 2 aliphatic rings. The number of hydrogen-bond donors (Lipinski definition) is 4. The Balaban J connectivity index is 2.00. The zero-order valence-corrected chi connectivity index (χ0v) is 24.2. The van der Waals surface area contributed by atoms with E-state index in [1.54, 1.807) is 30.2 Å². The van der Waals surface area contributed by atoms with E-state index in [0.29, 0.717) is 26.2 Å². The van der Waals surface area contributed by atoms with Crippen LogP contribution in [-0.4, -0.2) is 90.3 Å². The van der Waals surface area contributed by atoms with Crippen molar-refractivity contribution in [3.8, 4) is 11.5 Å². The number of benzene rings is 1. The predicted octanol–water partition coefficient (Wildman–Crippen LogP) is 1.91. The van der Waals surface area contributed by atoms with Crippen molar-refractivity contribution in [1.29, 1.82) is 0 Å². The van der Waals surface area contributed by atoms with Crippen molar-refractivity contribution >= 4 is 34.4 Å². The molecular formula is C27H39IN2O8. The van der Waals surface area contributed by atoms with Gasteiger partial charge >= 0.3 is 0 Å². The summed E-state index contributed by atoms with van der Waals surface area (Å²) >= 11 is 2.07. The number of methoxy groups -OCH3 is 2. The number of ether oxygens (including phenoxy) is 3. The van der Waals surface area contributed by atoms with Crippen LogP contribution >= 0.6 is 22.6 Å². The van der Waals surface area contributed by atoms with Gasteiger partial charge in [-0.15, -0.1) is 0 Å². The topological polar surface area (TPSA) is 138 Å². The molecule has 0 unspecified atom stereocenters. The molecule has 0 saturated heterocycles. The van der Waals surface area contributed by atoms with E-state index in [1.165, 1.54) is 7.11 Å². The second-order valence-corrected chi connectivity index (χ2v) is 10.8. The maximum absolute atomic E-state index is 13.5. The van der Waals surface area contributed by atoms with Crippen LogP contribution in [0.5, 0.6) is 11.5 Å². The molecule has 212 valence electrons. The van der Waals surface area contributed by atoms with E-state index in [2.05, 4.69) is 27.9 Å². The average Bonchev–Trinajstić information content (AvgIpc) is 2.93. The van der Waals surface area contributed by atoms with Crippen LogP contribution in [0.1, 0.15) is 50.5 Å². The monoisotopic (exact) mass is 646 g/mol. The Bertz CT molecular complexity index is 982. The number of carbonyl (C=O) groups excluding carboxylic acids is 2. The van der Waals surface area contributed by atoms with Gasteiger partial charge in [0, 0.05) is 31.7 Å². The summed E-state index contributed by atoms with van der Waals surface area (Å²) in [6.45, 7) is -0.0312. The maximum atomic E-state index is 13.5. The highest BCUT2D eigenvalue weighted by Crippen LogP contribution is 2.38. The van der Waals surface area contributed by atoms with E-state index in [0.717, 1.165) is 32.1 Å². The number of halogens is 1. The summed E-state index contributed by atoms with van der Waals surface area (Å²) < 4.78 is 17.6. The molecule has 38 heavy (non-hydrogen) atoms. The van der Waals surface area contributed by atoms with Crippen molar-refractivity contribution < 1.29 is 39.1 Å². The molecule has 0 aliphatic heterocycles. The van der Waals surface area contributed by atoms with Gasteiger partial charge in [-0.2, -0.15) is 0 Å². The lowest BCUT2D eigenvalue weighted by atomic mass is 9.85. The number of rotatable bonds is 12. The summed E-state index contributed by atoms with van der Waals surface area (Å²) in [6, 6.07) is 2.68. The number of hydrogen-bond acceptors (Lipinski definition) is 8. The number of carbonyl (C=O) groups is 2.